The molecule has 0 aromatic heterocycles. The average Bonchev–Trinajstić information content (AvgIpc) is 3.21. The van der Waals surface area contributed by atoms with E-state index in [0.29, 0.717) is 25.9 Å². The number of carbonyl (C=O) groups is 2. The van der Waals surface area contributed by atoms with E-state index in [1.807, 2.05) is 0 Å². The zero-order chi connectivity index (χ0) is 18.9. The van der Waals surface area contributed by atoms with Crippen molar-refractivity contribution in [1.29, 1.82) is 0 Å². The number of carboxylic acids is 1. The van der Waals surface area contributed by atoms with Crippen LogP contribution in [0.4, 0.5) is 0 Å². The van der Waals surface area contributed by atoms with Crippen LogP contribution in [-0.2, 0) is 14.8 Å². The van der Waals surface area contributed by atoms with Crippen LogP contribution in [0, 0.1) is 5.41 Å². The van der Waals surface area contributed by atoms with Gasteiger partial charge in [-0.15, -0.1) is 0 Å². The van der Waals surface area contributed by atoms with Crippen LogP contribution in [0.25, 0.3) is 0 Å². The van der Waals surface area contributed by atoms with E-state index in [2.05, 4.69) is 5.32 Å². The Kier molecular flexibility index (Phi) is 4.94. The highest BCUT2D eigenvalue weighted by Crippen LogP contribution is 2.45. The fourth-order valence-corrected chi connectivity index (χ4v) is 4.75. The zero-order valence-electron chi connectivity index (χ0n) is 14.5. The van der Waals surface area contributed by atoms with Gasteiger partial charge in [-0.25, -0.2) is 8.42 Å². The summed E-state index contributed by atoms with van der Waals surface area (Å²) in [6.45, 7) is 0.924. The largest absolute Gasteiger partial charge is 0.495 e. The molecule has 1 aliphatic carbocycles. The third-order valence-electron chi connectivity index (χ3n) is 5.00. The number of aliphatic carboxylic acids is 1. The van der Waals surface area contributed by atoms with Gasteiger partial charge in [0.2, 0.25) is 10.0 Å². The van der Waals surface area contributed by atoms with Gasteiger partial charge in [0.15, 0.2) is 0 Å². The Morgan fingerprint density at radius 3 is 2.46 bits per heavy atom. The van der Waals surface area contributed by atoms with Gasteiger partial charge in [0, 0.05) is 25.2 Å². The SMILES string of the molecule is COc1ccc(C(=O)NCC2(C(=O)O)CC2)cc1S(=O)(=O)N1CCCC1. The summed E-state index contributed by atoms with van der Waals surface area (Å²) in [5, 5.41) is 11.8. The van der Waals surface area contributed by atoms with Crippen LogP contribution in [0.5, 0.6) is 5.75 Å². The van der Waals surface area contributed by atoms with E-state index in [1.165, 1.54) is 29.6 Å². The smallest absolute Gasteiger partial charge is 0.311 e. The maximum atomic E-state index is 12.8. The molecule has 1 aliphatic heterocycles. The molecule has 1 saturated heterocycles. The summed E-state index contributed by atoms with van der Waals surface area (Å²) in [7, 11) is -2.37. The molecule has 8 nitrogen and oxygen atoms in total. The van der Waals surface area contributed by atoms with Crippen molar-refractivity contribution in [3.05, 3.63) is 23.8 Å². The quantitative estimate of drug-likeness (QED) is 0.729. The number of carbonyl (C=O) groups excluding carboxylic acids is 1. The second kappa shape index (κ2) is 6.88. The summed E-state index contributed by atoms with van der Waals surface area (Å²) in [6.07, 6.45) is 2.66. The molecule has 0 unspecified atom stereocenters. The fourth-order valence-electron chi connectivity index (χ4n) is 3.06. The molecule has 2 fully saturated rings. The van der Waals surface area contributed by atoms with E-state index in [-0.39, 0.29) is 22.8 Å². The van der Waals surface area contributed by atoms with E-state index in [4.69, 9.17) is 4.74 Å². The Morgan fingerprint density at radius 1 is 1.27 bits per heavy atom. The zero-order valence-corrected chi connectivity index (χ0v) is 15.3. The van der Waals surface area contributed by atoms with Crippen LogP contribution >= 0.6 is 0 Å². The van der Waals surface area contributed by atoms with Crippen LogP contribution in [0.15, 0.2) is 23.1 Å². The van der Waals surface area contributed by atoms with Gasteiger partial charge in [-0.05, 0) is 43.9 Å². The van der Waals surface area contributed by atoms with Crippen molar-refractivity contribution in [2.24, 2.45) is 5.41 Å². The summed E-state index contributed by atoms with van der Waals surface area (Å²) in [6, 6.07) is 4.21. The molecule has 9 heteroatoms. The summed E-state index contributed by atoms with van der Waals surface area (Å²) >= 11 is 0. The molecule has 2 N–H and O–H groups in total. The van der Waals surface area contributed by atoms with E-state index in [0.717, 1.165) is 12.8 Å². The third kappa shape index (κ3) is 3.41. The van der Waals surface area contributed by atoms with E-state index in [1.54, 1.807) is 0 Å². The van der Waals surface area contributed by atoms with Gasteiger partial charge < -0.3 is 15.2 Å². The van der Waals surface area contributed by atoms with Crippen molar-refractivity contribution in [2.45, 2.75) is 30.6 Å². The fraction of sp³-hybridized carbons (Fsp3) is 0.529. The Labute approximate surface area is 152 Å². The minimum Gasteiger partial charge on any atom is -0.495 e. The predicted molar refractivity (Wildman–Crippen MR) is 92.6 cm³/mol. The van der Waals surface area contributed by atoms with Gasteiger partial charge in [-0.3, -0.25) is 9.59 Å². The predicted octanol–water partition coefficient (Wildman–Crippen LogP) is 1.07. The first kappa shape index (κ1) is 18.7. The van der Waals surface area contributed by atoms with Gasteiger partial charge in [0.25, 0.3) is 5.91 Å². The lowest BCUT2D eigenvalue weighted by Gasteiger charge is -2.18. The molecule has 0 atom stereocenters. The topological polar surface area (TPSA) is 113 Å². The van der Waals surface area contributed by atoms with Crippen LogP contribution in [0.3, 0.4) is 0 Å². The standard InChI is InChI=1S/C17H22N2O6S/c1-25-13-5-4-12(15(20)18-11-17(6-7-17)16(21)22)10-14(13)26(23,24)19-8-2-3-9-19/h4-5,10H,2-3,6-9,11H2,1H3,(H,18,20)(H,21,22). The Morgan fingerprint density at radius 2 is 1.92 bits per heavy atom. The van der Waals surface area contributed by atoms with Gasteiger partial charge in [-0.1, -0.05) is 0 Å². The number of nitrogens with one attached hydrogen (secondary N) is 1. The Hall–Kier alpha value is -2.13. The molecule has 1 aromatic carbocycles. The first-order valence-electron chi connectivity index (χ1n) is 8.50. The van der Waals surface area contributed by atoms with Gasteiger partial charge in [-0.2, -0.15) is 4.31 Å². The molecule has 0 spiro atoms. The van der Waals surface area contributed by atoms with E-state index < -0.39 is 27.3 Å². The summed E-state index contributed by atoms with van der Waals surface area (Å²) in [4.78, 5) is 23.5. The number of rotatable bonds is 7. The highest BCUT2D eigenvalue weighted by Gasteiger charge is 2.50. The van der Waals surface area contributed by atoms with Gasteiger partial charge >= 0.3 is 5.97 Å². The minimum absolute atomic E-state index is 0.0292. The van der Waals surface area contributed by atoms with Crippen LogP contribution in [-0.4, -0.2) is 56.5 Å². The molecule has 0 radical (unpaired) electrons. The number of hydrogen-bond acceptors (Lipinski definition) is 5. The maximum Gasteiger partial charge on any atom is 0.311 e. The number of sulfonamides is 1. The van der Waals surface area contributed by atoms with Crippen molar-refractivity contribution in [2.75, 3.05) is 26.7 Å². The molecule has 1 aromatic rings. The second-order valence-corrected chi connectivity index (χ2v) is 8.65. The minimum atomic E-state index is -3.75. The normalized spacial score (nSPS) is 19.1. The molecule has 2 aliphatic rings. The molecular formula is C17H22N2O6S. The monoisotopic (exact) mass is 382 g/mol. The first-order chi connectivity index (χ1) is 12.3. The summed E-state index contributed by atoms with van der Waals surface area (Å²) in [5.41, 5.74) is -0.725. The average molecular weight is 382 g/mol. The highest BCUT2D eigenvalue weighted by molar-refractivity contribution is 7.89. The van der Waals surface area contributed by atoms with Gasteiger partial charge in [0.1, 0.15) is 10.6 Å². The first-order valence-corrected chi connectivity index (χ1v) is 9.94. The third-order valence-corrected chi connectivity index (χ3v) is 6.92. The lowest BCUT2D eigenvalue weighted by Crippen LogP contribution is -2.34. The number of nitrogens with zero attached hydrogens (tertiary/aromatic N) is 1. The number of benzene rings is 1. The molecule has 26 heavy (non-hydrogen) atoms. The van der Waals surface area contributed by atoms with Crippen LogP contribution < -0.4 is 10.1 Å². The second-order valence-electron chi connectivity index (χ2n) is 6.74. The number of amides is 1. The lowest BCUT2D eigenvalue weighted by atomic mass is 10.1. The Bertz CT molecular complexity index is 826. The molecule has 142 valence electrons. The highest BCUT2D eigenvalue weighted by atomic mass is 32.2. The van der Waals surface area contributed by atoms with Crippen molar-refractivity contribution in [1.82, 2.24) is 9.62 Å². The lowest BCUT2D eigenvalue weighted by molar-refractivity contribution is -0.143. The summed E-state index contributed by atoms with van der Waals surface area (Å²) in [5.74, 6) is -1.25. The molecular weight excluding hydrogens is 360 g/mol. The molecule has 1 amide bonds. The van der Waals surface area contributed by atoms with Crippen molar-refractivity contribution in [3.8, 4) is 5.75 Å². The number of carboxylic acid groups (broad SMARTS) is 1. The molecule has 1 saturated carbocycles. The number of ether oxygens (including phenoxy) is 1. The van der Waals surface area contributed by atoms with Crippen LogP contribution in [0.2, 0.25) is 0 Å². The van der Waals surface area contributed by atoms with Crippen LogP contribution in [0.1, 0.15) is 36.0 Å². The summed E-state index contributed by atoms with van der Waals surface area (Å²) < 4.78 is 32.2. The van der Waals surface area contributed by atoms with Crippen molar-refractivity contribution >= 4 is 21.9 Å². The molecule has 3 rings (SSSR count). The maximum absolute atomic E-state index is 12.8. The molecule has 0 bridgehead atoms. The Balaban J connectivity index is 1.83. The molecule has 1 heterocycles. The number of hydrogen-bond donors (Lipinski definition) is 2. The van der Waals surface area contributed by atoms with E-state index in [9.17, 15) is 23.1 Å². The van der Waals surface area contributed by atoms with Gasteiger partial charge in [0.05, 0.1) is 12.5 Å². The number of methoxy groups -OCH3 is 1. The van der Waals surface area contributed by atoms with Crippen molar-refractivity contribution < 1.29 is 27.9 Å². The van der Waals surface area contributed by atoms with Crippen molar-refractivity contribution in [3.63, 3.8) is 0 Å². The van der Waals surface area contributed by atoms with E-state index >= 15 is 0 Å².